The zero-order valence-electron chi connectivity index (χ0n) is 13.6. The van der Waals surface area contributed by atoms with Gasteiger partial charge in [0.15, 0.2) is 0 Å². The van der Waals surface area contributed by atoms with E-state index in [1.165, 1.54) is 0 Å². The molecular weight excluding hydrogens is 266 g/mol. The van der Waals surface area contributed by atoms with Crippen LogP contribution in [0.3, 0.4) is 0 Å². The lowest BCUT2D eigenvalue weighted by molar-refractivity contribution is 0.0398. The quantitative estimate of drug-likeness (QED) is 0.859. The number of anilines is 2. The molecule has 6 heteroatoms. The van der Waals surface area contributed by atoms with Crippen molar-refractivity contribution in [3.8, 4) is 0 Å². The first-order valence-corrected chi connectivity index (χ1v) is 7.60. The summed E-state index contributed by atoms with van der Waals surface area (Å²) in [6.07, 6.45) is 0. The summed E-state index contributed by atoms with van der Waals surface area (Å²) in [5, 5.41) is 6.51. The first-order valence-electron chi connectivity index (χ1n) is 7.60. The fourth-order valence-electron chi connectivity index (χ4n) is 2.17. The van der Waals surface area contributed by atoms with Gasteiger partial charge in [-0.15, -0.1) is 0 Å². The molecule has 2 N–H and O–H groups in total. The number of nitrogens with zero attached hydrogens (tertiary/aromatic N) is 3. The Balaban J connectivity index is 1.95. The summed E-state index contributed by atoms with van der Waals surface area (Å²) < 4.78 is 5.36. The lowest BCUT2D eigenvalue weighted by Crippen LogP contribution is -2.39. The van der Waals surface area contributed by atoms with Crippen LogP contribution in [0.4, 0.5) is 11.6 Å². The van der Waals surface area contributed by atoms with Crippen LogP contribution >= 0.6 is 0 Å². The minimum Gasteiger partial charge on any atom is -0.379 e. The maximum absolute atomic E-state index is 5.36. The van der Waals surface area contributed by atoms with E-state index < -0.39 is 0 Å². The molecule has 1 aliphatic rings. The molecule has 0 unspecified atom stereocenters. The Hall–Kier alpha value is -1.40. The molecule has 1 fully saturated rings. The third-order valence-electron chi connectivity index (χ3n) is 3.49. The molecular formula is C15H27N5O. The summed E-state index contributed by atoms with van der Waals surface area (Å²) in [4.78, 5) is 11.6. The van der Waals surface area contributed by atoms with E-state index in [0.717, 1.165) is 56.9 Å². The van der Waals surface area contributed by atoms with Crippen LogP contribution < -0.4 is 10.6 Å². The maximum atomic E-state index is 5.36. The van der Waals surface area contributed by atoms with E-state index in [1.807, 2.05) is 13.1 Å². The average Bonchev–Trinajstić information content (AvgIpc) is 2.47. The van der Waals surface area contributed by atoms with Crippen molar-refractivity contribution in [1.82, 2.24) is 14.9 Å². The fourth-order valence-corrected chi connectivity index (χ4v) is 2.17. The molecule has 0 bridgehead atoms. The Morgan fingerprint density at radius 1 is 1.19 bits per heavy atom. The number of morpholine rings is 1. The molecule has 0 aliphatic carbocycles. The zero-order valence-corrected chi connectivity index (χ0v) is 13.6. The van der Waals surface area contributed by atoms with Gasteiger partial charge in [-0.05, 0) is 0 Å². The summed E-state index contributed by atoms with van der Waals surface area (Å²) in [6, 6.07) is 1.95. The van der Waals surface area contributed by atoms with Crippen molar-refractivity contribution in [3.63, 3.8) is 0 Å². The van der Waals surface area contributed by atoms with Gasteiger partial charge < -0.3 is 15.4 Å². The van der Waals surface area contributed by atoms with E-state index in [-0.39, 0.29) is 5.41 Å². The summed E-state index contributed by atoms with van der Waals surface area (Å²) >= 11 is 0. The SMILES string of the molecule is CNc1cc(NCCN2CCOCC2)nc(C(C)(C)C)n1. The van der Waals surface area contributed by atoms with E-state index in [0.29, 0.717) is 0 Å². The number of nitrogens with one attached hydrogen (secondary N) is 2. The minimum atomic E-state index is -0.0620. The van der Waals surface area contributed by atoms with Crippen molar-refractivity contribution >= 4 is 11.6 Å². The normalized spacial score (nSPS) is 16.8. The van der Waals surface area contributed by atoms with Crippen LogP contribution in [0, 0.1) is 0 Å². The van der Waals surface area contributed by atoms with Gasteiger partial charge in [0.05, 0.1) is 13.2 Å². The Bertz CT molecular complexity index is 452. The summed E-state index contributed by atoms with van der Waals surface area (Å²) in [6.45, 7) is 12.0. The van der Waals surface area contributed by atoms with Crippen LogP contribution in [0.2, 0.25) is 0 Å². The van der Waals surface area contributed by atoms with Gasteiger partial charge in [0.1, 0.15) is 17.5 Å². The minimum absolute atomic E-state index is 0.0620. The largest absolute Gasteiger partial charge is 0.379 e. The third-order valence-corrected chi connectivity index (χ3v) is 3.49. The summed E-state index contributed by atoms with van der Waals surface area (Å²) in [5.74, 6) is 2.58. The van der Waals surface area contributed by atoms with Crippen LogP contribution in [0.1, 0.15) is 26.6 Å². The summed E-state index contributed by atoms with van der Waals surface area (Å²) in [5.41, 5.74) is -0.0620. The second kappa shape index (κ2) is 7.04. The molecule has 6 nitrogen and oxygen atoms in total. The number of aromatic nitrogens is 2. The molecule has 0 radical (unpaired) electrons. The smallest absolute Gasteiger partial charge is 0.138 e. The molecule has 1 aromatic heterocycles. The van der Waals surface area contributed by atoms with E-state index in [1.54, 1.807) is 0 Å². The highest BCUT2D eigenvalue weighted by Gasteiger charge is 2.19. The standard InChI is InChI=1S/C15H27N5O/c1-15(2,3)14-18-12(16-4)11-13(19-14)17-5-6-20-7-9-21-10-8-20/h11H,5-10H2,1-4H3,(H2,16,17,18,19). The highest BCUT2D eigenvalue weighted by atomic mass is 16.5. The highest BCUT2D eigenvalue weighted by Crippen LogP contribution is 2.22. The number of rotatable bonds is 5. The van der Waals surface area contributed by atoms with E-state index in [2.05, 4.69) is 46.3 Å². The third kappa shape index (κ3) is 4.82. The van der Waals surface area contributed by atoms with Gasteiger partial charge in [0.2, 0.25) is 0 Å². The zero-order chi connectivity index (χ0) is 15.3. The second-order valence-electron chi connectivity index (χ2n) is 6.34. The molecule has 1 aromatic rings. The average molecular weight is 293 g/mol. The lowest BCUT2D eigenvalue weighted by Gasteiger charge is -2.26. The molecule has 118 valence electrons. The van der Waals surface area contributed by atoms with Crippen LogP contribution in [-0.2, 0) is 10.2 Å². The predicted octanol–water partition coefficient (Wildman–Crippen LogP) is 1.56. The molecule has 2 heterocycles. The molecule has 0 saturated carbocycles. The van der Waals surface area contributed by atoms with E-state index in [4.69, 9.17) is 4.74 Å². The van der Waals surface area contributed by atoms with Crippen LogP contribution in [0.5, 0.6) is 0 Å². The molecule has 0 atom stereocenters. The van der Waals surface area contributed by atoms with Gasteiger partial charge in [0, 0.05) is 44.7 Å². The van der Waals surface area contributed by atoms with Crippen LogP contribution in [0.15, 0.2) is 6.07 Å². The first-order chi connectivity index (χ1) is 9.99. The van der Waals surface area contributed by atoms with Crippen LogP contribution in [0.25, 0.3) is 0 Å². The molecule has 1 saturated heterocycles. The molecule has 2 rings (SSSR count). The number of hydrogen-bond acceptors (Lipinski definition) is 6. The second-order valence-corrected chi connectivity index (χ2v) is 6.34. The van der Waals surface area contributed by atoms with Gasteiger partial charge in [-0.1, -0.05) is 20.8 Å². The number of hydrogen-bond donors (Lipinski definition) is 2. The van der Waals surface area contributed by atoms with Crippen molar-refractivity contribution < 1.29 is 4.74 Å². The molecule has 0 aromatic carbocycles. The van der Waals surface area contributed by atoms with Crippen molar-refractivity contribution in [2.75, 3.05) is 57.1 Å². The monoisotopic (exact) mass is 293 g/mol. The van der Waals surface area contributed by atoms with Gasteiger partial charge in [0.25, 0.3) is 0 Å². The Morgan fingerprint density at radius 2 is 1.86 bits per heavy atom. The van der Waals surface area contributed by atoms with Crippen LogP contribution in [-0.4, -0.2) is 61.3 Å². The Labute approximate surface area is 127 Å². The van der Waals surface area contributed by atoms with Crippen molar-refractivity contribution in [2.45, 2.75) is 26.2 Å². The van der Waals surface area contributed by atoms with Crippen molar-refractivity contribution in [2.24, 2.45) is 0 Å². The van der Waals surface area contributed by atoms with Gasteiger partial charge in [-0.3, -0.25) is 4.90 Å². The van der Waals surface area contributed by atoms with E-state index >= 15 is 0 Å². The van der Waals surface area contributed by atoms with Gasteiger partial charge in [-0.2, -0.15) is 0 Å². The molecule has 1 aliphatic heterocycles. The molecule has 0 spiro atoms. The number of ether oxygens (including phenoxy) is 1. The van der Waals surface area contributed by atoms with Crippen molar-refractivity contribution in [1.29, 1.82) is 0 Å². The lowest BCUT2D eigenvalue weighted by atomic mass is 9.96. The molecule has 0 amide bonds. The fraction of sp³-hybridized carbons (Fsp3) is 0.733. The van der Waals surface area contributed by atoms with E-state index in [9.17, 15) is 0 Å². The summed E-state index contributed by atoms with van der Waals surface area (Å²) in [7, 11) is 1.88. The highest BCUT2D eigenvalue weighted by molar-refractivity contribution is 5.47. The van der Waals surface area contributed by atoms with Gasteiger partial charge in [-0.25, -0.2) is 9.97 Å². The predicted molar refractivity (Wildman–Crippen MR) is 86.0 cm³/mol. The Kier molecular flexibility index (Phi) is 5.36. The van der Waals surface area contributed by atoms with Crippen molar-refractivity contribution in [3.05, 3.63) is 11.9 Å². The topological polar surface area (TPSA) is 62.3 Å². The molecule has 21 heavy (non-hydrogen) atoms. The maximum Gasteiger partial charge on any atom is 0.138 e. The first kappa shape index (κ1) is 16.0. The van der Waals surface area contributed by atoms with Gasteiger partial charge >= 0.3 is 0 Å². The Morgan fingerprint density at radius 3 is 2.48 bits per heavy atom.